The van der Waals surface area contributed by atoms with E-state index in [0.717, 1.165) is 41.4 Å². The van der Waals surface area contributed by atoms with Crippen LogP contribution < -0.4 is 15.0 Å². The molecule has 7 nitrogen and oxygen atoms in total. The standard InChI is InChI=1S/C20H26BrN5O2.HI/c1-22-20(25(3)13-16-11-15(21)12-24(16)2)23-9-6-10-26-17-7-4-5-8-18(17)28-14-19(26)27;/h4-5,7-8,11-12H,6,9-10,13-14H2,1-3H3,(H,22,23);1H. The molecule has 9 heteroatoms. The highest BCUT2D eigenvalue weighted by Gasteiger charge is 2.24. The number of hydrogen-bond donors (Lipinski definition) is 1. The SMILES string of the molecule is CN=C(NCCCN1C(=O)COc2ccccc21)N(C)Cc1cc(Br)cn1C.I. The molecular formula is C20H27BrIN5O2. The molecule has 2 heterocycles. The molecule has 0 aliphatic carbocycles. The predicted octanol–water partition coefficient (Wildman–Crippen LogP) is 3.23. The lowest BCUT2D eigenvalue weighted by atomic mass is 10.2. The monoisotopic (exact) mass is 575 g/mol. The highest BCUT2D eigenvalue weighted by molar-refractivity contribution is 14.0. The number of halogens is 2. The summed E-state index contributed by atoms with van der Waals surface area (Å²) in [6, 6.07) is 9.76. The van der Waals surface area contributed by atoms with Gasteiger partial charge >= 0.3 is 0 Å². The van der Waals surface area contributed by atoms with Gasteiger partial charge in [0, 0.05) is 50.6 Å². The zero-order valence-electron chi connectivity index (χ0n) is 16.9. The molecule has 29 heavy (non-hydrogen) atoms. The number of hydrogen-bond acceptors (Lipinski definition) is 3. The number of ether oxygens (including phenoxy) is 1. The molecule has 158 valence electrons. The van der Waals surface area contributed by atoms with Gasteiger partial charge in [-0.15, -0.1) is 24.0 Å². The summed E-state index contributed by atoms with van der Waals surface area (Å²) in [6.45, 7) is 2.20. The van der Waals surface area contributed by atoms with Gasteiger partial charge in [-0.2, -0.15) is 0 Å². The Hall–Kier alpha value is -1.75. The minimum Gasteiger partial charge on any atom is -0.482 e. The number of carbonyl (C=O) groups excluding carboxylic acids is 1. The Balaban J connectivity index is 0.00000300. The fourth-order valence-corrected chi connectivity index (χ4v) is 3.83. The zero-order chi connectivity index (χ0) is 20.1. The van der Waals surface area contributed by atoms with E-state index in [4.69, 9.17) is 4.74 Å². The molecule has 3 rings (SSSR count). The summed E-state index contributed by atoms with van der Waals surface area (Å²) in [4.78, 5) is 20.5. The second-order valence-electron chi connectivity index (χ2n) is 6.75. The highest BCUT2D eigenvalue weighted by Crippen LogP contribution is 2.31. The molecule has 0 saturated carbocycles. The van der Waals surface area contributed by atoms with Crippen LogP contribution in [0.15, 0.2) is 46.0 Å². The molecule has 1 amide bonds. The second-order valence-corrected chi connectivity index (χ2v) is 7.66. The number of guanidine groups is 1. The van der Waals surface area contributed by atoms with E-state index in [1.165, 1.54) is 5.69 Å². The Morgan fingerprint density at radius 2 is 2.14 bits per heavy atom. The Labute approximate surface area is 197 Å². The maximum atomic E-state index is 12.2. The normalized spacial score (nSPS) is 13.4. The Morgan fingerprint density at radius 1 is 1.38 bits per heavy atom. The van der Waals surface area contributed by atoms with Crippen molar-refractivity contribution in [2.45, 2.75) is 13.0 Å². The first-order valence-electron chi connectivity index (χ1n) is 9.24. The number of aromatic nitrogens is 1. The summed E-state index contributed by atoms with van der Waals surface area (Å²) < 4.78 is 8.65. The first kappa shape index (κ1) is 23.5. The Bertz CT molecular complexity index is 870. The number of carbonyl (C=O) groups is 1. The van der Waals surface area contributed by atoms with Crippen LogP contribution in [0, 0.1) is 0 Å². The maximum Gasteiger partial charge on any atom is 0.265 e. The van der Waals surface area contributed by atoms with Crippen molar-refractivity contribution in [3.8, 4) is 5.75 Å². The maximum absolute atomic E-state index is 12.2. The molecule has 0 atom stereocenters. The molecule has 1 aliphatic rings. The van der Waals surface area contributed by atoms with Gasteiger partial charge < -0.3 is 24.4 Å². The van der Waals surface area contributed by atoms with Gasteiger partial charge in [0.1, 0.15) is 5.75 Å². The van der Waals surface area contributed by atoms with Gasteiger partial charge in [0.25, 0.3) is 5.91 Å². The third-order valence-electron chi connectivity index (χ3n) is 4.70. The van der Waals surface area contributed by atoms with Crippen molar-refractivity contribution >= 4 is 57.5 Å². The zero-order valence-corrected chi connectivity index (χ0v) is 20.8. The van der Waals surface area contributed by atoms with Crippen LogP contribution in [0.25, 0.3) is 0 Å². The van der Waals surface area contributed by atoms with Crippen molar-refractivity contribution in [1.82, 2.24) is 14.8 Å². The molecule has 0 fully saturated rings. The van der Waals surface area contributed by atoms with Gasteiger partial charge in [-0.05, 0) is 40.5 Å². The van der Waals surface area contributed by atoms with Crippen LogP contribution in [0.2, 0.25) is 0 Å². The number of aliphatic imine (C=N–C) groups is 1. The van der Waals surface area contributed by atoms with E-state index in [0.29, 0.717) is 6.54 Å². The summed E-state index contributed by atoms with van der Waals surface area (Å²) >= 11 is 3.51. The van der Waals surface area contributed by atoms with Crippen molar-refractivity contribution in [3.05, 3.63) is 46.7 Å². The van der Waals surface area contributed by atoms with Crippen LogP contribution in [0.1, 0.15) is 12.1 Å². The van der Waals surface area contributed by atoms with E-state index in [1.807, 2.05) is 44.6 Å². The topological polar surface area (TPSA) is 62.1 Å². The lowest BCUT2D eigenvalue weighted by Crippen LogP contribution is -2.42. The molecule has 1 N–H and O–H groups in total. The molecule has 1 aliphatic heterocycles. The number of nitrogens with one attached hydrogen (secondary N) is 1. The lowest BCUT2D eigenvalue weighted by Gasteiger charge is -2.29. The van der Waals surface area contributed by atoms with Crippen LogP contribution in [-0.4, -0.2) is 55.1 Å². The molecule has 1 aromatic heterocycles. The summed E-state index contributed by atoms with van der Waals surface area (Å²) in [5.41, 5.74) is 2.03. The van der Waals surface area contributed by atoms with Crippen LogP contribution in [0.4, 0.5) is 5.69 Å². The fourth-order valence-electron chi connectivity index (χ4n) is 3.26. The summed E-state index contributed by atoms with van der Waals surface area (Å²) in [7, 11) is 5.82. The predicted molar refractivity (Wildman–Crippen MR) is 130 cm³/mol. The van der Waals surface area contributed by atoms with Gasteiger partial charge in [0.15, 0.2) is 12.6 Å². The number of rotatable bonds is 6. The van der Waals surface area contributed by atoms with Gasteiger partial charge in [0.05, 0.1) is 12.2 Å². The number of benzene rings is 1. The highest BCUT2D eigenvalue weighted by atomic mass is 127. The summed E-state index contributed by atoms with van der Waals surface area (Å²) in [5.74, 6) is 1.58. The fraction of sp³-hybridized carbons (Fsp3) is 0.400. The van der Waals surface area contributed by atoms with Crippen LogP contribution in [0.5, 0.6) is 5.75 Å². The van der Waals surface area contributed by atoms with E-state index in [-0.39, 0.29) is 36.5 Å². The van der Waals surface area contributed by atoms with Crippen LogP contribution in [0.3, 0.4) is 0 Å². The van der Waals surface area contributed by atoms with Crippen molar-refractivity contribution < 1.29 is 9.53 Å². The van der Waals surface area contributed by atoms with E-state index in [9.17, 15) is 4.79 Å². The molecule has 0 spiro atoms. The first-order chi connectivity index (χ1) is 13.5. The van der Waals surface area contributed by atoms with Crippen molar-refractivity contribution in [1.29, 1.82) is 0 Å². The van der Waals surface area contributed by atoms with Crippen molar-refractivity contribution in [2.24, 2.45) is 12.0 Å². The van der Waals surface area contributed by atoms with Crippen molar-refractivity contribution in [3.63, 3.8) is 0 Å². The quantitative estimate of drug-likeness (QED) is 0.249. The average Bonchev–Trinajstić information content (AvgIpc) is 3.00. The molecule has 0 bridgehead atoms. The molecule has 1 aromatic carbocycles. The van der Waals surface area contributed by atoms with E-state index < -0.39 is 0 Å². The first-order valence-corrected chi connectivity index (χ1v) is 10.0. The smallest absolute Gasteiger partial charge is 0.265 e. The van der Waals surface area contributed by atoms with Crippen LogP contribution >= 0.6 is 39.9 Å². The molecule has 0 saturated heterocycles. The summed E-state index contributed by atoms with van der Waals surface area (Å²) in [6.07, 6.45) is 2.85. The molecule has 0 unspecified atom stereocenters. The van der Waals surface area contributed by atoms with Crippen LogP contribution in [-0.2, 0) is 18.4 Å². The van der Waals surface area contributed by atoms with Gasteiger partial charge in [-0.25, -0.2) is 0 Å². The third-order valence-corrected chi connectivity index (χ3v) is 5.13. The molecular weight excluding hydrogens is 549 g/mol. The van der Waals surface area contributed by atoms with E-state index >= 15 is 0 Å². The molecule has 2 aromatic rings. The Morgan fingerprint density at radius 3 is 2.83 bits per heavy atom. The molecule has 0 radical (unpaired) electrons. The van der Waals surface area contributed by atoms with Gasteiger partial charge in [-0.1, -0.05) is 12.1 Å². The third kappa shape index (κ3) is 5.88. The number of amides is 1. The number of para-hydroxylation sites is 2. The largest absolute Gasteiger partial charge is 0.482 e. The number of fused-ring (bicyclic) bond motifs is 1. The van der Waals surface area contributed by atoms with Gasteiger partial charge in [0.2, 0.25) is 0 Å². The van der Waals surface area contributed by atoms with Crippen molar-refractivity contribution in [2.75, 3.05) is 38.7 Å². The second kappa shape index (κ2) is 10.9. The minimum absolute atomic E-state index is 0. The van der Waals surface area contributed by atoms with E-state index in [1.54, 1.807) is 11.9 Å². The van der Waals surface area contributed by atoms with E-state index in [2.05, 4.69) is 41.8 Å². The Kier molecular flexibility index (Phi) is 8.81. The van der Waals surface area contributed by atoms with Gasteiger partial charge in [-0.3, -0.25) is 9.79 Å². The number of aryl methyl sites for hydroxylation is 1. The number of nitrogens with zero attached hydrogens (tertiary/aromatic N) is 4. The lowest BCUT2D eigenvalue weighted by molar-refractivity contribution is -0.121. The average molecular weight is 576 g/mol. The number of anilines is 1. The summed E-state index contributed by atoms with van der Waals surface area (Å²) in [5, 5.41) is 3.38. The minimum atomic E-state index is -0.00511.